The van der Waals surface area contributed by atoms with Crippen LogP contribution in [-0.2, 0) is 4.79 Å². The van der Waals surface area contributed by atoms with Crippen molar-refractivity contribution in [3.63, 3.8) is 0 Å². The maximum Gasteiger partial charge on any atom is 0.237 e. The first-order chi connectivity index (χ1) is 14.1. The van der Waals surface area contributed by atoms with Crippen molar-refractivity contribution in [2.45, 2.75) is 31.3 Å². The van der Waals surface area contributed by atoms with Crippen molar-refractivity contribution in [1.82, 2.24) is 14.8 Å². The van der Waals surface area contributed by atoms with Gasteiger partial charge in [0.15, 0.2) is 0 Å². The number of carbonyl (C=O) groups excluding carboxylic acids is 1. The summed E-state index contributed by atoms with van der Waals surface area (Å²) in [6.07, 6.45) is 4.63. The smallest absolute Gasteiger partial charge is 0.237 e. The zero-order valence-electron chi connectivity index (χ0n) is 17.0. The molecule has 1 aromatic heterocycles. The number of fused-ring (bicyclic) bond motifs is 1. The lowest BCUT2D eigenvalue weighted by Crippen LogP contribution is -2.42. The highest BCUT2D eigenvalue weighted by Crippen LogP contribution is 2.26. The molecule has 4 rings (SSSR count). The second-order valence-electron chi connectivity index (χ2n) is 7.91. The lowest BCUT2D eigenvalue weighted by atomic mass is 10.1. The quantitative estimate of drug-likeness (QED) is 0.776. The van der Waals surface area contributed by atoms with Gasteiger partial charge in [0.1, 0.15) is 11.8 Å². The summed E-state index contributed by atoms with van der Waals surface area (Å²) in [7, 11) is 3.76. The first-order valence-corrected chi connectivity index (χ1v) is 10.2. The van der Waals surface area contributed by atoms with E-state index in [1.807, 2.05) is 24.4 Å². The van der Waals surface area contributed by atoms with E-state index >= 15 is 0 Å². The SMILES string of the molecule is COc1ccc2ncc(N(C)C3CCN(CC(=O)N4CCCC4C#N)C3)cc2c1. The van der Waals surface area contributed by atoms with Crippen LogP contribution in [0.4, 0.5) is 5.69 Å². The van der Waals surface area contributed by atoms with E-state index in [0.717, 1.165) is 54.7 Å². The van der Waals surface area contributed by atoms with E-state index in [9.17, 15) is 10.1 Å². The fourth-order valence-electron chi connectivity index (χ4n) is 4.38. The van der Waals surface area contributed by atoms with Crippen molar-refractivity contribution >= 4 is 22.5 Å². The number of likely N-dealkylation sites (tertiary alicyclic amines) is 2. The van der Waals surface area contributed by atoms with Gasteiger partial charge in [0, 0.05) is 38.1 Å². The Bertz CT molecular complexity index is 940. The van der Waals surface area contributed by atoms with Gasteiger partial charge in [-0.15, -0.1) is 0 Å². The molecular formula is C22H27N5O2. The maximum atomic E-state index is 12.6. The van der Waals surface area contributed by atoms with Gasteiger partial charge in [0.2, 0.25) is 5.91 Å². The van der Waals surface area contributed by atoms with Crippen LogP contribution in [-0.4, -0.2) is 73.1 Å². The molecule has 2 saturated heterocycles. The molecule has 0 spiro atoms. The van der Waals surface area contributed by atoms with Gasteiger partial charge in [0.05, 0.1) is 37.1 Å². The predicted molar refractivity (Wildman–Crippen MR) is 112 cm³/mol. The van der Waals surface area contributed by atoms with Crippen LogP contribution < -0.4 is 9.64 Å². The summed E-state index contributed by atoms with van der Waals surface area (Å²) >= 11 is 0. The largest absolute Gasteiger partial charge is 0.497 e. The summed E-state index contributed by atoms with van der Waals surface area (Å²) in [5.41, 5.74) is 2.01. The van der Waals surface area contributed by atoms with E-state index in [4.69, 9.17) is 4.74 Å². The molecule has 2 aliphatic heterocycles. The Balaban J connectivity index is 1.40. The number of rotatable bonds is 5. The lowest BCUT2D eigenvalue weighted by molar-refractivity contribution is -0.132. The number of methoxy groups -OCH3 is 1. The lowest BCUT2D eigenvalue weighted by Gasteiger charge is -2.27. The summed E-state index contributed by atoms with van der Waals surface area (Å²) in [5, 5.41) is 10.3. The predicted octanol–water partition coefficient (Wildman–Crippen LogP) is 2.27. The van der Waals surface area contributed by atoms with Crippen molar-refractivity contribution in [3.8, 4) is 11.8 Å². The fourth-order valence-corrected chi connectivity index (χ4v) is 4.38. The number of nitrogens with zero attached hydrogens (tertiary/aromatic N) is 5. The monoisotopic (exact) mass is 393 g/mol. The van der Waals surface area contributed by atoms with Crippen LogP contribution in [0.3, 0.4) is 0 Å². The minimum Gasteiger partial charge on any atom is -0.497 e. The summed E-state index contributed by atoms with van der Waals surface area (Å²) in [5.74, 6) is 0.902. The van der Waals surface area contributed by atoms with E-state index in [1.165, 1.54) is 0 Å². The summed E-state index contributed by atoms with van der Waals surface area (Å²) in [4.78, 5) is 23.4. The molecule has 0 bridgehead atoms. The number of carbonyl (C=O) groups is 1. The van der Waals surface area contributed by atoms with E-state index in [-0.39, 0.29) is 11.9 Å². The van der Waals surface area contributed by atoms with Gasteiger partial charge < -0.3 is 14.5 Å². The van der Waals surface area contributed by atoms with Crippen LogP contribution in [0, 0.1) is 11.3 Å². The zero-order valence-corrected chi connectivity index (χ0v) is 17.0. The van der Waals surface area contributed by atoms with E-state index in [0.29, 0.717) is 19.1 Å². The second-order valence-corrected chi connectivity index (χ2v) is 7.91. The molecule has 2 fully saturated rings. The molecule has 0 saturated carbocycles. The number of nitriles is 1. The average Bonchev–Trinajstić information content (AvgIpc) is 3.41. The maximum absolute atomic E-state index is 12.6. The molecule has 3 heterocycles. The number of hydrogen-bond acceptors (Lipinski definition) is 6. The van der Waals surface area contributed by atoms with Crippen LogP contribution in [0.15, 0.2) is 30.5 Å². The van der Waals surface area contributed by atoms with Crippen LogP contribution in [0.5, 0.6) is 5.75 Å². The highest BCUT2D eigenvalue weighted by atomic mass is 16.5. The van der Waals surface area contributed by atoms with Crippen LogP contribution in [0.2, 0.25) is 0 Å². The van der Waals surface area contributed by atoms with Crippen molar-refractivity contribution < 1.29 is 9.53 Å². The fraction of sp³-hybridized carbons (Fsp3) is 0.500. The van der Waals surface area contributed by atoms with Gasteiger partial charge in [-0.25, -0.2) is 0 Å². The number of ether oxygens (including phenoxy) is 1. The molecular weight excluding hydrogens is 366 g/mol. The van der Waals surface area contributed by atoms with Gasteiger partial charge in [-0.1, -0.05) is 0 Å². The van der Waals surface area contributed by atoms with Crippen molar-refractivity contribution in [2.24, 2.45) is 0 Å². The van der Waals surface area contributed by atoms with Gasteiger partial charge >= 0.3 is 0 Å². The Kier molecular flexibility index (Phi) is 5.54. The second kappa shape index (κ2) is 8.26. The zero-order chi connectivity index (χ0) is 20.4. The van der Waals surface area contributed by atoms with Crippen LogP contribution in [0.25, 0.3) is 10.9 Å². The number of anilines is 1. The summed E-state index contributed by atoms with van der Waals surface area (Å²) in [6, 6.07) is 10.4. The van der Waals surface area contributed by atoms with Crippen LogP contribution in [0.1, 0.15) is 19.3 Å². The van der Waals surface area contributed by atoms with Crippen LogP contribution >= 0.6 is 0 Å². The first kappa shape index (κ1) is 19.5. The molecule has 2 aliphatic rings. The molecule has 2 atom stereocenters. The minimum atomic E-state index is -0.246. The molecule has 7 nitrogen and oxygen atoms in total. The molecule has 0 radical (unpaired) electrons. The van der Waals surface area contributed by atoms with Gasteiger partial charge in [-0.05, 0) is 43.5 Å². The molecule has 0 aliphatic carbocycles. The third-order valence-corrected chi connectivity index (χ3v) is 6.16. The number of aromatic nitrogens is 1. The van der Waals surface area contributed by atoms with Gasteiger partial charge in [-0.3, -0.25) is 14.7 Å². The standard InChI is InChI=1S/C22H27N5O2/c1-25(19-10-16-11-20(29-2)5-6-21(16)24-13-19)18-7-9-26(14-18)15-22(28)27-8-3-4-17(27)12-23/h5-6,10-11,13,17-18H,3-4,7-9,14-15H2,1-2H3. The van der Waals surface area contributed by atoms with Crippen molar-refractivity contribution in [1.29, 1.82) is 5.26 Å². The highest BCUT2D eigenvalue weighted by molar-refractivity contribution is 5.83. The first-order valence-electron chi connectivity index (χ1n) is 10.2. The van der Waals surface area contributed by atoms with E-state index < -0.39 is 0 Å². The Morgan fingerprint density at radius 3 is 3.00 bits per heavy atom. The Hall–Kier alpha value is -2.85. The highest BCUT2D eigenvalue weighted by Gasteiger charge is 2.32. The van der Waals surface area contributed by atoms with Crippen molar-refractivity contribution in [3.05, 3.63) is 30.5 Å². The Morgan fingerprint density at radius 1 is 1.34 bits per heavy atom. The topological polar surface area (TPSA) is 72.7 Å². The van der Waals surface area contributed by atoms with E-state index in [2.05, 4.69) is 34.0 Å². The molecule has 1 aromatic carbocycles. The molecule has 2 aromatic rings. The van der Waals surface area contributed by atoms with Gasteiger partial charge in [0.25, 0.3) is 0 Å². The molecule has 1 amide bonds. The number of amides is 1. The van der Waals surface area contributed by atoms with Crippen molar-refractivity contribution in [2.75, 3.05) is 45.2 Å². The average molecular weight is 393 g/mol. The molecule has 0 N–H and O–H groups in total. The summed E-state index contributed by atoms with van der Waals surface area (Å²) in [6.45, 7) is 2.83. The normalized spacial score (nSPS) is 22.0. The number of hydrogen-bond donors (Lipinski definition) is 0. The molecule has 29 heavy (non-hydrogen) atoms. The Labute approximate surface area is 171 Å². The minimum absolute atomic E-state index is 0.0804. The molecule has 7 heteroatoms. The summed E-state index contributed by atoms with van der Waals surface area (Å²) < 4.78 is 5.33. The number of pyridine rings is 1. The number of likely N-dealkylation sites (N-methyl/N-ethyl adjacent to an activating group) is 1. The van der Waals surface area contributed by atoms with Gasteiger partial charge in [-0.2, -0.15) is 5.26 Å². The number of benzene rings is 1. The third-order valence-electron chi connectivity index (χ3n) is 6.16. The molecule has 152 valence electrons. The Morgan fingerprint density at radius 2 is 2.21 bits per heavy atom. The third kappa shape index (κ3) is 3.99. The van der Waals surface area contributed by atoms with E-state index in [1.54, 1.807) is 12.0 Å². The molecule has 2 unspecified atom stereocenters.